The van der Waals surface area contributed by atoms with E-state index in [1.807, 2.05) is 0 Å². The predicted octanol–water partition coefficient (Wildman–Crippen LogP) is 1.23. The average molecular weight is 236 g/mol. The second-order valence-corrected chi connectivity index (χ2v) is 3.95. The van der Waals surface area contributed by atoms with E-state index in [9.17, 15) is 5.11 Å². The van der Waals surface area contributed by atoms with Gasteiger partial charge in [-0.2, -0.15) is 0 Å². The number of nitrogens with one attached hydrogen (secondary N) is 1. The number of nitrogens with zero attached hydrogens (tertiary/aromatic N) is 2. The molecule has 4 N–H and O–H groups in total. The van der Waals surface area contributed by atoms with Crippen LogP contribution in [0.3, 0.4) is 0 Å². The van der Waals surface area contributed by atoms with E-state index in [1.54, 1.807) is 25.1 Å². The Hall–Kier alpha value is -1.53. The van der Waals surface area contributed by atoms with Crippen molar-refractivity contribution in [1.82, 2.24) is 9.97 Å². The van der Waals surface area contributed by atoms with Crippen molar-refractivity contribution in [3.63, 3.8) is 0 Å². The number of nitrogens with two attached hydrogens (primary N) is 1. The van der Waals surface area contributed by atoms with Gasteiger partial charge in [0, 0.05) is 0 Å². The van der Waals surface area contributed by atoms with Crippen LogP contribution in [0.25, 0.3) is 11.0 Å². The monoisotopic (exact) mass is 236 g/mol. The van der Waals surface area contributed by atoms with Crippen molar-refractivity contribution in [3.8, 4) is 5.75 Å². The smallest absolute Gasteiger partial charge is 0.150 e. The minimum atomic E-state index is -0.497. The molecule has 0 saturated carbocycles. The van der Waals surface area contributed by atoms with Crippen LogP contribution in [0, 0.1) is 6.92 Å². The lowest BCUT2D eigenvalue weighted by molar-refractivity contribution is 0.480. The van der Waals surface area contributed by atoms with E-state index in [1.165, 1.54) is 0 Å². The Labute approximate surface area is 98.1 Å². The third-order valence-electron chi connectivity index (χ3n) is 2.13. The molecule has 0 radical (unpaired) electrons. The van der Waals surface area contributed by atoms with E-state index in [4.69, 9.17) is 5.73 Å². The maximum absolute atomic E-state index is 9.61. The van der Waals surface area contributed by atoms with Crippen molar-refractivity contribution >= 4 is 29.5 Å². The van der Waals surface area contributed by atoms with Gasteiger partial charge in [0.2, 0.25) is 0 Å². The van der Waals surface area contributed by atoms with Crippen LogP contribution in [0.4, 0.5) is 5.82 Å². The Morgan fingerprint density at radius 3 is 2.88 bits per heavy atom. The fourth-order valence-electron chi connectivity index (χ4n) is 1.42. The largest absolute Gasteiger partial charge is 0.506 e. The summed E-state index contributed by atoms with van der Waals surface area (Å²) in [6, 6.07) is 5.07. The van der Waals surface area contributed by atoms with Gasteiger partial charge in [-0.1, -0.05) is 6.07 Å². The van der Waals surface area contributed by atoms with Gasteiger partial charge < -0.3 is 16.2 Å². The fraction of sp³-hybridized carbons (Fsp3) is 0.200. The molecular weight excluding hydrogens is 224 g/mol. The molecule has 1 unspecified atom stereocenters. The van der Waals surface area contributed by atoms with E-state index in [0.29, 0.717) is 22.5 Å². The molecule has 0 aliphatic rings. The Morgan fingerprint density at radius 2 is 2.19 bits per heavy atom. The number of thiol groups is 1. The number of hydrogen-bond acceptors (Lipinski definition) is 6. The number of para-hydroxylation sites is 1. The first-order valence-corrected chi connectivity index (χ1v) is 5.26. The molecule has 1 aromatic carbocycles. The normalized spacial score (nSPS) is 12.7. The highest BCUT2D eigenvalue weighted by atomic mass is 32.1. The summed E-state index contributed by atoms with van der Waals surface area (Å²) in [5, 5.41) is 12.5. The molecule has 1 atom stereocenters. The van der Waals surface area contributed by atoms with Crippen LogP contribution in [0.5, 0.6) is 5.75 Å². The molecule has 0 amide bonds. The summed E-state index contributed by atoms with van der Waals surface area (Å²) < 4.78 is 0. The second-order valence-electron chi connectivity index (χ2n) is 3.39. The minimum Gasteiger partial charge on any atom is -0.506 e. The number of fused-ring (bicyclic) bond motifs is 1. The summed E-state index contributed by atoms with van der Waals surface area (Å²) >= 11 is 4.02. The number of aryl methyl sites for hydroxylation is 1. The standard InChI is InChI=1S/C10H12N4OS/c1-5-9(14-10(11)16)13-6-3-2-4-7(15)8(6)12-5/h2-4,10,15-16H,11H2,1H3,(H,13,14). The third kappa shape index (κ3) is 2.02. The van der Waals surface area contributed by atoms with Gasteiger partial charge >= 0.3 is 0 Å². The molecule has 0 fully saturated rings. The Morgan fingerprint density at radius 1 is 1.44 bits per heavy atom. The van der Waals surface area contributed by atoms with E-state index in [-0.39, 0.29) is 5.75 Å². The minimum absolute atomic E-state index is 0.120. The maximum atomic E-state index is 9.61. The Bertz CT molecular complexity index is 529. The summed E-state index contributed by atoms with van der Waals surface area (Å²) in [4.78, 5) is 8.58. The lowest BCUT2D eigenvalue weighted by Gasteiger charge is -2.11. The summed E-state index contributed by atoms with van der Waals surface area (Å²) in [7, 11) is 0. The van der Waals surface area contributed by atoms with Crippen molar-refractivity contribution in [2.75, 3.05) is 5.32 Å². The quantitative estimate of drug-likeness (QED) is 0.465. The fourth-order valence-corrected chi connectivity index (χ4v) is 1.55. The van der Waals surface area contributed by atoms with E-state index >= 15 is 0 Å². The number of anilines is 1. The number of aromatic nitrogens is 2. The Kier molecular flexibility index (Phi) is 2.84. The molecule has 0 spiro atoms. The van der Waals surface area contributed by atoms with Crippen molar-refractivity contribution in [2.24, 2.45) is 5.73 Å². The van der Waals surface area contributed by atoms with Crippen LogP contribution in [0.2, 0.25) is 0 Å². The molecule has 1 heterocycles. The molecule has 0 aliphatic heterocycles. The molecule has 16 heavy (non-hydrogen) atoms. The van der Waals surface area contributed by atoms with Crippen LogP contribution < -0.4 is 11.1 Å². The van der Waals surface area contributed by atoms with Crippen LogP contribution >= 0.6 is 12.6 Å². The maximum Gasteiger partial charge on any atom is 0.150 e. The first-order chi connectivity index (χ1) is 7.58. The number of phenolic OH excluding ortho intramolecular Hbond substituents is 1. The van der Waals surface area contributed by atoms with Crippen molar-refractivity contribution in [2.45, 2.75) is 12.4 Å². The van der Waals surface area contributed by atoms with Crippen LogP contribution in [-0.4, -0.2) is 20.6 Å². The first kappa shape index (κ1) is 11.0. The average Bonchev–Trinajstić information content (AvgIpc) is 2.20. The highest BCUT2D eigenvalue weighted by Gasteiger charge is 2.08. The van der Waals surface area contributed by atoms with Crippen molar-refractivity contribution in [1.29, 1.82) is 0 Å². The molecule has 2 rings (SSSR count). The molecule has 5 nitrogen and oxygen atoms in total. The summed E-state index contributed by atoms with van der Waals surface area (Å²) in [5.41, 5.74) is 6.77. The zero-order valence-corrected chi connectivity index (χ0v) is 9.57. The molecule has 84 valence electrons. The SMILES string of the molecule is Cc1nc2c(O)cccc2nc1NC(N)S. The number of hydrogen-bond donors (Lipinski definition) is 4. The van der Waals surface area contributed by atoms with E-state index in [2.05, 4.69) is 27.9 Å². The van der Waals surface area contributed by atoms with Crippen molar-refractivity contribution in [3.05, 3.63) is 23.9 Å². The molecule has 2 aromatic rings. The predicted molar refractivity (Wildman–Crippen MR) is 66.5 cm³/mol. The highest BCUT2D eigenvalue weighted by Crippen LogP contribution is 2.23. The molecule has 0 aliphatic carbocycles. The zero-order chi connectivity index (χ0) is 11.7. The van der Waals surface area contributed by atoms with Crippen LogP contribution in [0.15, 0.2) is 18.2 Å². The molecule has 6 heteroatoms. The summed E-state index contributed by atoms with van der Waals surface area (Å²) in [5.74, 6) is 0.690. The van der Waals surface area contributed by atoms with Gasteiger partial charge in [-0.3, -0.25) is 0 Å². The Balaban J connectivity index is 2.58. The van der Waals surface area contributed by atoms with Gasteiger partial charge in [-0.05, 0) is 19.1 Å². The first-order valence-electron chi connectivity index (χ1n) is 4.74. The van der Waals surface area contributed by atoms with Crippen molar-refractivity contribution < 1.29 is 5.11 Å². The van der Waals surface area contributed by atoms with Gasteiger partial charge in [0.25, 0.3) is 0 Å². The lowest BCUT2D eigenvalue weighted by Crippen LogP contribution is -2.24. The molecule has 0 bridgehead atoms. The molecular formula is C10H12N4OS. The van der Waals surface area contributed by atoms with E-state index < -0.39 is 5.50 Å². The summed E-state index contributed by atoms with van der Waals surface area (Å²) in [6.07, 6.45) is 0. The lowest BCUT2D eigenvalue weighted by atomic mass is 10.2. The zero-order valence-electron chi connectivity index (χ0n) is 8.68. The van der Waals surface area contributed by atoms with Gasteiger partial charge in [0.15, 0.2) is 0 Å². The highest BCUT2D eigenvalue weighted by molar-refractivity contribution is 7.81. The second kappa shape index (κ2) is 4.15. The molecule has 1 aromatic heterocycles. The third-order valence-corrected chi connectivity index (χ3v) is 2.26. The van der Waals surface area contributed by atoms with Crippen LogP contribution in [0.1, 0.15) is 5.69 Å². The number of benzene rings is 1. The van der Waals surface area contributed by atoms with Gasteiger partial charge in [0.1, 0.15) is 22.6 Å². The number of rotatable bonds is 2. The number of aromatic hydroxyl groups is 1. The van der Waals surface area contributed by atoms with E-state index in [0.717, 1.165) is 0 Å². The van der Waals surface area contributed by atoms with Gasteiger partial charge in [0.05, 0.1) is 11.2 Å². The summed E-state index contributed by atoms with van der Waals surface area (Å²) in [6.45, 7) is 1.79. The topological polar surface area (TPSA) is 84.1 Å². The van der Waals surface area contributed by atoms with Gasteiger partial charge in [-0.15, -0.1) is 12.6 Å². The number of phenols is 1. The molecule has 0 saturated heterocycles. The van der Waals surface area contributed by atoms with Crippen LogP contribution in [-0.2, 0) is 0 Å². The van der Waals surface area contributed by atoms with Gasteiger partial charge in [-0.25, -0.2) is 9.97 Å².